The highest BCUT2D eigenvalue weighted by atomic mass is 16.7. The molecule has 1 aromatic carbocycles. The molecule has 4 heteroatoms. The Kier molecular flexibility index (Phi) is 3.63. The van der Waals surface area contributed by atoms with Crippen molar-refractivity contribution in [2.75, 3.05) is 19.9 Å². The molecule has 0 radical (unpaired) electrons. The smallest absolute Gasteiger partial charge is 0.231 e. The van der Waals surface area contributed by atoms with Crippen LogP contribution in [0.3, 0.4) is 0 Å². The summed E-state index contributed by atoms with van der Waals surface area (Å²) in [5.74, 6) is 1.76. The van der Waals surface area contributed by atoms with Gasteiger partial charge in [-0.25, -0.2) is 0 Å². The summed E-state index contributed by atoms with van der Waals surface area (Å²) in [7, 11) is 0. The van der Waals surface area contributed by atoms with Gasteiger partial charge in [-0.2, -0.15) is 0 Å². The summed E-state index contributed by atoms with van der Waals surface area (Å²) in [6.07, 6.45) is 4.55. The Morgan fingerprint density at radius 1 is 1.30 bits per heavy atom. The summed E-state index contributed by atoms with van der Waals surface area (Å²) in [6.45, 7) is 5.92. The van der Waals surface area contributed by atoms with Gasteiger partial charge in [0.1, 0.15) is 0 Å². The van der Waals surface area contributed by atoms with Gasteiger partial charge in [0.2, 0.25) is 12.7 Å². The normalized spacial score (nSPS) is 18.1. The Morgan fingerprint density at radius 3 is 2.80 bits per heavy atom. The van der Waals surface area contributed by atoms with Gasteiger partial charge < -0.3 is 14.4 Å². The van der Waals surface area contributed by atoms with Crippen LogP contribution in [-0.4, -0.2) is 30.7 Å². The molecule has 0 spiro atoms. The van der Waals surface area contributed by atoms with Gasteiger partial charge in [-0.3, -0.25) is 4.79 Å². The van der Waals surface area contributed by atoms with Crippen LogP contribution in [0.2, 0.25) is 0 Å². The first-order valence-electron chi connectivity index (χ1n) is 7.08. The van der Waals surface area contributed by atoms with Crippen LogP contribution in [0.5, 0.6) is 11.5 Å². The zero-order valence-electron chi connectivity index (χ0n) is 11.5. The largest absolute Gasteiger partial charge is 0.454 e. The molecule has 3 rings (SSSR count). The number of allylic oxidation sites excluding steroid dienone is 1. The number of amides is 1. The molecular formula is C16H19NO3. The third-order valence-corrected chi connectivity index (χ3v) is 3.96. The monoisotopic (exact) mass is 273 g/mol. The van der Waals surface area contributed by atoms with Gasteiger partial charge in [-0.05, 0) is 30.5 Å². The van der Waals surface area contributed by atoms with Crippen molar-refractivity contribution in [3.05, 3.63) is 36.4 Å². The van der Waals surface area contributed by atoms with Crippen LogP contribution in [0, 0.1) is 0 Å². The molecule has 1 atom stereocenters. The molecule has 0 unspecified atom stereocenters. The second kappa shape index (κ2) is 5.57. The van der Waals surface area contributed by atoms with Gasteiger partial charge in [-0.15, -0.1) is 6.58 Å². The molecule has 2 heterocycles. The van der Waals surface area contributed by atoms with Crippen LogP contribution in [0.25, 0.3) is 0 Å². The first kappa shape index (κ1) is 13.0. The van der Waals surface area contributed by atoms with Gasteiger partial charge in [0.15, 0.2) is 11.5 Å². The first-order chi connectivity index (χ1) is 9.78. The van der Waals surface area contributed by atoms with Gasteiger partial charge in [0.25, 0.3) is 0 Å². The number of benzene rings is 1. The van der Waals surface area contributed by atoms with E-state index in [1.165, 1.54) is 0 Å². The highest BCUT2D eigenvalue weighted by Crippen LogP contribution is 2.35. The molecule has 106 valence electrons. The van der Waals surface area contributed by atoms with E-state index in [-0.39, 0.29) is 18.6 Å². The lowest BCUT2D eigenvalue weighted by atomic mass is 9.95. The molecule has 1 aromatic rings. The second-order valence-corrected chi connectivity index (χ2v) is 5.25. The Labute approximate surface area is 119 Å². The SMILES string of the molecule is C=C[C@@H](CC(=O)N1CCCC1)c1ccc2c(c1)OCO2. The fourth-order valence-corrected chi connectivity index (χ4v) is 2.76. The molecule has 0 saturated carbocycles. The van der Waals surface area contributed by atoms with Gasteiger partial charge >= 0.3 is 0 Å². The van der Waals surface area contributed by atoms with Crippen LogP contribution in [0.15, 0.2) is 30.9 Å². The molecule has 2 aliphatic rings. The number of carbonyl (C=O) groups excluding carboxylic acids is 1. The molecule has 1 saturated heterocycles. The predicted octanol–water partition coefficient (Wildman–Crippen LogP) is 2.70. The lowest BCUT2D eigenvalue weighted by Gasteiger charge is -2.19. The second-order valence-electron chi connectivity index (χ2n) is 5.25. The van der Waals surface area contributed by atoms with Crippen LogP contribution in [0.4, 0.5) is 0 Å². The van der Waals surface area contributed by atoms with Crippen molar-refractivity contribution < 1.29 is 14.3 Å². The van der Waals surface area contributed by atoms with E-state index in [1.807, 2.05) is 29.2 Å². The average Bonchev–Trinajstić information content (AvgIpc) is 3.14. The highest BCUT2D eigenvalue weighted by Gasteiger charge is 2.22. The van der Waals surface area contributed by atoms with E-state index in [0.717, 1.165) is 43.0 Å². The number of fused-ring (bicyclic) bond motifs is 1. The minimum absolute atomic E-state index is 0.0256. The van der Waals surface area contributed by atoms with Crippen molar-refractivity contribution in [2.45, 2.75) is 25.2 Å². The van der Waals surface area contributed by atoms with Gasteiger partial charge in [-0.1, -0.05) is 12.1 Å². The number of hydrogen-bond donors (Lipinski definition) is 0. The van der Waals surface area contributed by atoms with Gasteiger partial charge in [0.05, 0.1) is 0 Å². The van der Waals surface area contributed by atoms with E-state index in [4.69, 9.17) is 9.47 Å². The fourth-order valence-electron chi connectivity index (χ4n) is 2.76. The third-order valence-electron chi connectivity index (χ3n) is 3.96. The average molecular weight is 273 g/mol. The number of nitrogens with zero attached hydrogens (tertiary/aromatic N) is 1. The standard InChI is InChI=1S/C16H19NO3/c1-2-12(10-16(18)17-7-3-4-8-17)13-5-6-14-15(9-13)20-11-19-14/h2,5-6,9,12H,1,3-4,7-8,10-11H2/t12-/m0/s1. The molecular weight excluding hydrogens is 254 g/mol. The maximum atomic E-state index is 12.2. The number of ether oxygens (including phenoxy) is 2. The summed E-state index contributed by atoms with van der Waals surface area (Å²) < 4.78 is 10.7. The van der Waals surface area contributed by atoms with Crippen molar-refractivity contribution in [3.63, 3.8) is 0 Å². The number of likely N-dealkylation sites (tertiary alicyclic amines) is 1. The Hall–Kier alpha value is -1.97. The van der Waals surface area contributed by atoms with Crippen molar-refractivity contribution in [1.29, 1.82) is 0 Å². The topological polar surface area (TPSA) is 38.8 Å². The minimum Gasteiger partial charge on any atom is -0.454 e. The molecule has 0 N–H and O–H groups in total. The summed E-state index contributed by atoms with van der Waals surface area (Å²) in [4.78, 5) is 14.2. The zero-order chi connectivity index (χ0) is 13.9. The highest BCUT2D eigenvalue weighted by molar-refractivity contribution is 5.77. The summed E-state index contributed by atoms with van der Waals surface area (Å²) in [5.41, 5.74) is 1.05. The number of rotatable bonds is 4. The molecule has 4 nitrogen and oxygen atoms in total. The molecule has 1 fully saturated rings. The Bertz CT molecular complexity index is 520. The van der Waals surface area contributed by atoms with Crippen LogP contribution < -0.4 is 9.47 Å². The summed E-state index contributed by atoms with van der Waals surface area (Å²) in [6, 6.07) is 5.83. The van der Waals surface area contributed by atoms with Crippen LogP contribution in [0.1, 0.15) is 30.7 Å². The number of hydrogen-bond acceptors (Lipinski definition) is 3. The van der Waals surface area contributed by atoms with Crippen molar-refractivity contribution in [1.82, 2.24) is 4.90 Å². The maximum absolute atomic E-state index is 12.2. The molecule has 0 aromatic heterocycles. The van der Waals surface area contributed by atoms with Crippen molar-refractivity contribution in [3.8, 4) is 11.5 Å². The van der Waals surface area contributed by atoms with E-state index in [9.17, 15) is 4.79 Å². The van der Waals surface area contributed by atoms with E-state index < -0.39 is 0 Å². The maximum Gasteiger partial charge on any atom is 0.231 e. The quantitative estimate of drug-likeness (QED) is 0.792. The Morgan fingerprint density at radius 2 is 2.05 bits per heavy atom. The van der Waals surface area contributed by atoms with E-state index in [1.54, 1.807) is 0 Å². The fraction of sp³-hybridized carbons (Fsp3) is 0.438. The van der Waals surface area contributed by atoms with E-state index in [2.05, 4.69) is 6.58 Å². The lowest BCUT2D eigenvalue weighted by Crippen LogP contribution is -2.28. The molecule has 2 aliphatic heterocycles. The predicted molar refractivity (Wildman–Crippen MR) is 75.9 cm³/mol. The van der Waals surface area contributed by atoms with E-state index in [0.29, 0.717) is 6.42 Å². The van der Waals surface area contributed by atoms with Crippen LogP contribution >= 0.6 is 0 Å². The zero-order valence-corrected chi connectivity index (χ0v) is 11.5. The molecule has 0 aliphatic carbocycles. The molecule has 0 bridgehead atoms. The van der Waals surface area contributed by atoms with Gasteiger partial charge in [0, 0.05) is 25.4 Å². The van der Waals surface area contributed by atoms with Crippen molar-refractivity contribution in [2.24, 2.45) is 0 Å². The number of carbonyl (C=O) groups is 1. The van der Waals surface area contributed by atoms with Crippen molar-refractivity contribution >= 4 is 5.91 Å². The Balaban J connectivity index is 1.72. The molecule has 1 amide bonds. The summed E-state index contributed by atoms with van der Waals surface area (Å²) >= 11 is 0. The third kappa shape index (κ3) is 2.50. The minimum atomic E-state index is 0.0256. The van der Waals surface area contributed by atoms with Crippen LogP contribution in [-0.2, 0) is 4.79 Å². The summed E-state index contributed by atoms with van der Waals surface area (Å²) in [5, 5.41) is 0. The van der Waals surface area contributed by atoms with E-state index >= 15 is 0 Å². The molecule has 20 heavy (non-hydrogen) atoms. The lowest BCUT2D eigenvalue weighted by molar-refractivity contribution is -0.130. The first-order valence-corrected chi connectivity index (χ1v) is 7.08.